The number of imide groups is 1. The van der Waals surface area contributed by atoms with Gasteiger partial charge in [0.25, 0.3) is 0 Å². The molecule has 4 aliphatic rings. The quantitative estimate of drug-likeness (QED) is 0.608. The number of hydrogen-bond acceptors (Lipinski definition) is 2. The zero-order valence-corrected chi connectivity index (χ0v) is 16.9. The van der Waals surface area contributed by atoms with Crippen LogP contribution in [0.15, 0.2) is 78.9 Å². The molecule has 3 nitrogen and oxygen atoms in total. The van der Waals surface area contributed by atoms with Crippen molar-refractivity contribution in [2.75, 3.05) is 0 Å². The van der Waals surface area contributed by atoms with E-state index in [2.05, 4.69) is 55.5 Å². The van der Waals surface area contributed by atoms with Crippen molar-refractivity contribution in [2.24, 2.45) is 11.8 Å². The second kappa shape index (κ2) is 6.15. The summed E-state index contributed by atoms with van der Waals surface area (Å²) in [6.45, 7) is 2.51. The summed E-state index contributed by atoms with van der Waals surface area (Å²) in [5, 5.41) is 0. The van der Waals surface area contributed by atoms with Crippen LogP contribution in [0.25, 0.3) is 0 Å². The Morgan fingerprint density at radius 2 is 1.33 bits per heavy atom. The van der Waals surface area contributed by atoms with Crippen molar-refractivity contribution in [3.8, 4) is 0 Å². The predicted octanol–water partition coefficient (Wildman–Crippen LogP) is 4.64. The Kier molecular flexibility index (Phi) is 3.62. The fourth-order valence-electron chi connectivity index (χ4n) is 6.51. The lowest BCUT2D eigenvalue weighted by molar-refractivity contribution is -0.140. The Hall–Kier alpha value is -3.20. The molecule has 148 valence electrons. The minimum Gasteiger partial charge on any atom is -0.278 e. The van der Waals surface area contributed by atoms with Crippen LogP contribution < -0.4 is 0 Å². The van der Waals surface area contributed by atoms with Gasteiger partial charge in [-0.15, -0.1) is 0 Å². The molecule has 1 fully saturated rings. The number of amides is 2. The van der Waals surface area contributed by atoms with Crippen LogP contribution in [0.1, 0.15) is 47.1 Å². The summed E-state index contributed by atoms with van der Waals surface area (Å²) in [6, 6.07) is 26.8. The third-order valence-electron chi connectivity index (χ3n) is 7.63. The largest absolute Gasteiger partial charge is 0.278 e. The zero-order valence-electron chi connectivity index (χ0n) is 16.9. The van der Waals surface area contributed by atoms with Gasteiger partial charge in [0.15, 0.2) is 0 Å². The predicted molar refractivity (Wildman–Crippen MR) is 115 cm³/mol. The van der Waals surface area contributed by atoms with Gasteiger partial charge in [0, 0.05) is 11.3 Å². The number of rotatable bonds is 3. The molecule has 1 aliphatic heterocycles. The fourth-order valence-corrected chi connectivity index (χ4v) is 6.51. The van der Waals surface area contributed by atoms with E-state index in [0.29, 0.717) is 6.54 Å². The molecule has 2 atom stereocenters. The maximum atomic E-state index is 13.8. The van der Waals surface area contributed by atoms with Gasteiger partial charge in [-0.05, 0) is 34.2 Å². The Morgan fingerprint density at radius 3 is 1.93 bits per heavy atom. The minimum absolute atomic E-state index is 0.00953. The molecule has 3 heteroatoms. The van der Waals surface area contributed by atoms with E-state index in [-0.39, 0.29) is 29.6 Å². The van der Waals surface area contributed by atoms with Crippen LogP contribution in [-0.2, 0) is 21.5 Å². The summed E-state index contributed by atoms with van der Waals surface area (Å²) >= 11 is 0. The van der Waals surface area contributed by atoms with E-state index in [4.69, 9.17) is 0 Å². The van der Waals surface area contributed by atoms with Crippen molar-refractivity contribution in [2.45, 2.75) is 31.2 Å². The summed E-state index contributed by atoms with van der Waals surface area (Å²) in [7, 11) is 0. The first kappa shape index (κ1) is 17.6. The number of benzene rings is 3. The molecule has 3 aliphatic carbocycles. The smallest absolute Gasteiger partial charge is 0.234 e. The summed E-state index contributed by atoms with van der Waals surface area (Å²) in [5.74, 6) is -0.710. The van der Waals surface area contributed by atoms with Crippen LogP contribution in [-0.4, -0.2) is 16.7 Å². The van der Waals surface area contributed by atoms with Crippen molar-refractivity contribution in [1.29, 1.82) is 0 Å². The molecule has 0 saturated carbocycles. The van der Waals surface area contributed by atoms with Crippen molar-refractivity contribution in [3.63, 3.8) is 0 Å². The topological polar surface area (TPSA) is 37.4 Å². The normalized spacial score (nSPS) is 28.3. The molecule has 0 unspecified atom stereocenters. The van der Waals surface area contributed by atoms with Crippen LogP contribution in [0, 0.1) is 11.8 Å². The van der Waals surface area contributed by atoms with Crippen LogP contribution in [0.3, 0.4) is 0 Å². The van der Waals surface area contributed by atoms with E-state index in [1.54, 1.807) is 0 Å². The maximum Gasteiger partial charge on any atom is 0.234 e. The lowest BCUT2D eigenvalue weighted by Gasteiger charge is -2.54. The second-order valence-corrected chi connectivity index (χ2v) is 8.73. The summed E-state index contributed by atoms with van der Waals surface area (Å²) < 4.78 is 0. The number of carbonyl (C=O) groups excluding carboxylic acids is 2. The standard InChI is InChI=1S/C27H23NO2/c1-2-27-20-14-8-6-12-18(20)22(19-13-7-9-15-21(19)27)23-24(27)26(30)28(25(23)29)16-17-10-4-3-5-11-17/h3-15,22-24H,2,16H2,1H3/t22?,23-,24+,27?/m1/s1. The number of likely N-dealkylation sites (tertiary alicyclic amines) is 1. The molecule has 7 rings (SSSR count). The van der Waals surface area contributed by atoms with Gasteiger partial charge in [-0.1, -0.05) is 85.8 Å². The van der Waals surface area contributed by atoms with Gasteiger partial charge >= 0.3 is 0 Å². The van der Waals surface area contributed by atoms with Gasteiger partial charge < -0.3 is 0 Å². The van der Waals surface area contributed by atoms with E-state index >= 15 is 0 Å². The van der Waals surface area contributed by atoms with E-state index in [9.17, 15) is 9.59 Å². The van der Waals surface area contributed by atoms with E-state index in [1.807, 2.05) is 30.3 Å². The SMILES string of the molecule is CCC12c3ccccc3C(c3ccccc31)[C@H]1C(=O)N(Cc3ccccc3)C(=O)[C@H]12. The molecule has 0 aromatic heterocycles. The molecule has 2 amide bonds. The van der Waals surface area contributed by atoms with Gasteiger partial charge in [-0.3, -0.25) is 14.5 Å². The highest BCUT2D eigenvalue weighted by molar-refractivity contribution is 6.08. The number of nitrogens with zero attached hydrogens (tertiary/aromatic N) is 1. The van der Waals surface area contributed by atoms with Crippen molar-refractivity contribution < 1.29 is 9.59 Å². The Morgan fingerprint density at radius 1 is 0.767 bits per heavy atom. The number of hydrogen-bond donors (Lipinski definition) is 0. The third-order valence-corrected chi connectivity index (χ3v) is 7.63. The molecular formula is C27H23NO2. The van der Waals surface area contributed by atoms with Crippen molar-refractivity contribution >= 4 is 11.8 Å². The lowest BCUT2D eigenvalue weighted by atomic mass is 9.46. The van der Waals surface area contributed by atoms with Crippen LogP contribution >= 0.6 is 0 Å². The van der Waals surface area contributed by atoms with Gasteiger partial charge in [0.1, 0.15) is 0 Å². The summed E-state index contributed by atoms with van der Waals surface area (Å²) in [4.78, 5) is 29.1. The van der Waals surface area contributed by atoms with Crippen LogP contribution in [0.5, 0.6) is 0 Å². The Labute approximate surface area is 176 Å². The molecule has 3 aromatic carbocycles. The molecule has 2 bridgehead atoms. The second-order valence-electron chi connectivity index (χ2n) is 8.73. The van der Waals surface area contributed by atoms with Gasteiger partial charge in [0.2, 0.25) is 11.8 Å². The van der Waals surface area contributed by atoms with Crippen molar-refractivity contribution in [1.82, 2.24) is 4.90 Å². The number of carbonyl (C=O) groups is 2. The van der Waals surface area contributed by atoms with Crippen molar-refractivity contribution in [3.05, 3.63) is 107 Å². The average molecular weight is 393 g/mol. The van der Waals surface area contributed by atoms with Gasteiger partial charge in [-0.25, -0.2) is 0 Å². The monoisotopic (exact) mass is 393 g/mol. The first-order chi connectivity index (χ1) is 14.7. The first-order valence-electron chi connectivity index (χ1n) is 10.8. The van der Waals surface area contributed by atoms with E-state index in [0.717, 1.165) is 12.0 Å². The Bertz CT molecular complexity index is 1130. The molecule has 0 radical (unpaired) electrons. The van der Waals surface area contributed by atoms with Gasteiger partial charge in [0.05, 0.1) is 18.4 Å². The first-order valence-corrected chi connectivity index (χ1v) is 10.8. The molecule has 1 heterocycles. The summed E-state index contributed by atoms with van der Waals surface area (Å²) in [5.41, 5.74) is 5.47. The van der Waals surface area contributed by atoms with Gasteiger partial charge in [-0.2, -0.15) is 0 Å². The zero-order chi connectivity index (χ0) is 20.5. The maximum absolute atomic E-state index is 13.8. The molecular weight excluding hydrogens is 370 g/mol. The van der Waals surface area contributed by atoms with Crippen LogP contribution in [0.4, 0.5) is 0 Å². The highest BCUT2D eigenvalue weighted by Crippen LogP contribution is 2.65. The summed E-state index contributed by atoms with van der Waals surface area (Å²) in [6.07, 6.45) is 0.799. The highest BCUT2D eigenvalue weighted by Gasteiger charge is 2.67. The highest BCUT2D eigenvalue weighted by atomic mass is 16.2. The third kappa shape index (κ3) is 2.00. The fraction of sp³-hybridized carbons (Fsp3) is 0.259. The minimum atomic E-state index is -0.440. The lowest BCUT2D eigenvalue weighted by Crippen LogP contribution is -2.53. The molecule has 3 aromatic rings. The Balaban J connectivity index is 1.57. The molecule has 0 spiro atoms. The van der Waals surface area contributed by atoms with Crippen LogP contribution in [0.2, 0.25) is 0 Å². The molecule has 30 heavy (non-hydrogen) atoms. The molecule has 1 saturated heterocycles. The molecule has 0 N–H and O–H groups in total. The van der Waals surface area contributed by atoms with E-state index < -0.39 is 5.41 Å². The average Bonchev–Trinajstić information content (AvgIpc) is 3.05. The van der Waals surface area contributed by atoms with E-state index in [1.165, 1.54) is 27.2 Å².